The van der Waals surface area contributed by atoms with E-state index in [1.807, 2.05) is 0 Å². The molecule has 2 rings (SSSR count). The highest BCUT2D eigenvalue weighted by Crippen LogP contribution is 2.32. The molecule has 3 nitrogen and oxygen atoms in total. The van der Waals surface area contributed by atoms with Gasteiger partial charge in [0.15, 0.2) is 0 Å². The van der Waals surface area contributed by atoms with Gasteiger partial charge in [-0.15, -0.1) is 0 Å². The fourth-order valence-electron chi connectivity index (χ4n) is 2.51. The SMILES string of the molecule is Cc1ccc(C(C)C)c(O)c1CN1CCNCC1. The second-order valence-corrected chi connectivity index (χ2v) is 5.48. The molecular formula is C15H24N2O. The van der Waals surface area contributed by atoms with Crippen molar-refractivity contribution in [3.8, 4) is 5.75 Å². The minimum Gasteiger partial charge on any atom is -0.507 e. The summed E-state index contributed by atoms with van der Waals surface area (Å²) in [6.45, 7) is 11.4. The van der Waals surface area contributed by atoms with Crippen LogP contribution in [0.2, 0.25) is 0 Å². The van der Waals surface area contributed by atoms with Gasteiger partial charge in [-0.3, -0.25) is 4.90 Å². The number of piperazine rings is 1. The maximum atomic E-state index is 10.4. The maximum Gasteiger partial charge on any atom is 0.123 e. The largest absolute Gasteiger partial charge is 0.507 e. The highest BCUT2D eigenvalue weighted by molar-refractivity contribution is 5.46. The number of nitrogens with one attached hydrogen (secondary N) is 1. The van der Waals surface area contributed by atoms with E-state index in [9.17, 15) is 5.11 Å². The molecule has 2 N–H and O–H groups in total. The van der Waals surface area contributed by atoms with Crippen LogP contribution < -0.4 is 5.32 Å². The number of aryl methyl sites for hydroxylation is 1. The van der Waals surface area contributed by atoms with Crippen molar-refractivity contribution in [2.45, 2.75) is 33.2 Å². The number of benzene rings is 1. The molecule has 0 saturated carbocycles. The number of rotatable bonds is 3. The number of nitrogens with zero attached hydrogens (tertiary/aromatic N) is 1. The van der Waals surface area contributed by atoms with E-state index in [-0.39, 0.29) is 0 Å². The molecule has 1 heterocycles. The van der Waals surface area contributed by atoms with E-state index < -0.39 is 0 Å². The van der Waals surface area contributed by atoms with Crippen LogP contribution in [-0.4, -0.2) is 36.2 Å². The molecule has 1 saturated heterocycles. The number of aromatic hydroxyl groups is 1. The van der Waals surface area contributed by atoms with Crippen molar-refractivity contribution in [1.82, 2.24) is 10.2 Å². The summed E-state index contributed by atoms with van der Waals surface area (Å²) in [4.78, 5) is 2.41. The van der Waals surface area contributed by atoms with Crippen molar-refractivity contribution in [3.63, 3.8) is 0 Å². The Morgan fingerprint density at radius 1 is 1.28 bits per heavy atom. The lowest BCUT2D eigenvalue weighted by Gasteiger charge is -2.28. The Labute approximate surface area is 110 Å². The van der Waals surface area contributed by atoms with E-state index in [1.54, 1.807) is 0 Å². The molecule has 0 bridgehead atoms. The minimum atomic E-state index is 0.368. The number of hydrogen-bond acceptors (Lipinski definition) is 3. The topological polar surface area (TPSA) is 35.5 Å². The van der Waals surface area contributed by atoms with Gasteiger partial charge in [-0.05, 0) is 24.0 Å². The Bertz CT molecular complexity index is 409. The number of phenolic OH excluding ortho intramolecular Hbond substituents is 1. The summed E-state index contributed by atoms with van der Waals surface area (Å²) in [6, 6.07) is 4.18. The Hall–Kier alpha value is -1.06. The van der Waals surface area contributed by atoms with Gasteiger partial charge in [0.2, 0.25) is 0 Å². The highest BCUT2D eigenvalue weighted by atomic mass is 16.3. The molecule has 0 radical (unpaired) electrons. The third-order valence-corrected chi connectivity index (χ3v) is 3.76. The molecule has 0 unspecified atom stereocenters. The number of hydrogen-bond donors (Lipinski definition) is 2. The molecular weight excluding hydrogens is 224 g/mol. The van der Waals surface area contributed by atoms with Crippen LogP contribution in [0.25, 0.3) is 0 Å². The quantitative estimate of drug-likeness (QED) is 0.861. The van der Waals surface area contributed by atoms with Gasteiger partial charge < -0.3 is 10.4 Å². The maximum absolute atomic E-state index is 10.4. The lowest BCUT2D eigenvalue weighted by molar-refractivity contribution is 0.230. The fraction of sp³-hybridized carbons (Fsp3) is 0.600. The van der Waals surface area contributed by atoms with Crippen LogP contribution in [0.5, 0.6) is 5.75 Å². The summed E-state index contributed by atoms with van der Waals surface area (Å²) >= 11 is 0. The second-order valence-electron chi connectivity index (χ2n) is 5.48. The Balaban J connectivity index is 2.22. The lowest BCUT2D eigenvalue weighted by Crippen LogP contribution is -2.43. The second kappa shape index (κ2) is 5.72. The normalized spacial score (nSPS) is 17.3. The molecule has 1 aliphatic rings. The van der Waals surface area contributed by atoms with Gasteiger partial charge in [0.1, 0.15) is 5.75 Å². The molecule has 100 valence electrons. The summed E-state index contributed by atoms with van der Waals surface area (Å²) in [5, 5.41) is 13.8. The average Bonchev–Trinajstić information content (AvgIpc) is 2.35. The van der Waals surface area contributed by atoms with Crippen molar-refractivity contribution in [1.29, 1.82) is 0 Å². The van der Waals surface area contributed by atoms with Crippen LogP contribution >= 0.6 is 0 Å². The zero-order valence-corrected chi connectivity index (χ0v) is 11.7. The first kappa shape index (κ1) is 13.4. The molecule has 1 aromatic carbocycles. The van der Waals surface area contributed by atoms with E-state index in [4.69, 9.17) is 0 Å². The van der Waals surface area contributed by atoms with Crippen LogP contribution in [0.3, 0.4) is 0 Å². The summed E-state index contributed by atoms with van der Waals surface area (Å²) in [5.41, 5.74) is 3.35. The van der Waals surface area contributed by atoms with Crippen molar-refractivity contribution in [2.24, 2.45) is 0 Å². The van der Waals surface area contributed by atoms with Gasteiger partial charge in [-0.25, -0.2) is 0 Å². The third-order valence-electron chi connectivity index (χ3n) is 3.76. The first-order valence-corrected chi connectivity index (χ1v) is 6.84. The zero-order valence-electron chi connectivity index (χ0n) is 11.7. The molecule has 3 heteroatoms. The number of phenols is 1. The standard InChI is InChI=1S/C15H24N2O/c1-11(2)13-5-4-12(3)14(15(13)18)10-17-8-6-16-7-9-17/h4-5,11,16,18H,6-10H2,1-3H3. The van der Waals surface area contributed by atoms with Crippen LogP contribution in [0.15, 0.2) is 12.1 Å². The molecule has 0 spiro atoms. The van der Waals surface area contributed by atoms with Crippen molar-refractivity contribution >= 4 is 0 Å². The predicted octanol–water partition coefficient (Wildman–Crippen LogP) is 2.23. The van der Waals surface area contributed by atoms with Gasteiger partial charge >= 0.3 is 0 Å². The highest BCUT2D eigenvalue weighted by Gasteiger charge is 2.17. The molecule has 0 aliphatic carbocycles. The van der Waals surface area contributed by atoms with Crippen molar-refractivity contribution in [3.05, 3.63) is 28.8 Å². The van der Waals surface area contributed by atoms with Crippen LogP contribution in [0.1, 0.15) is 36.5 Å². The Morgan fingerprint density at radius 3 is 2.56 bits per heavy atom. The summed E-state index contributed by atoms with van der Waals surface area (Å²) in [7, 11) is 0. The smallest absolute Gasteiger partial charge is 0.123 e. The summed E-state index contributed by atoms with van der Waals surface area (Å²) < 4.78 is 0. The van der Waals surface area contributed by atoms with Gasteiger partial charge in [-0.1, -0.05) is 26.0 Å². The Morgan fingerprint density at radius 2 is 1.94 bits per heavy atom. The van der Waals surface area contributed by atoms with Gasteiger partial charge in [-0.2, -0.15) is 0 Å². The van der Waals surface area contributed by atoms with Gasteiger partial charge in [0.25, 0.3) is 0 Å². The van der Waals surface area contributed by atoms with E-state index in [2.05, 4.69) is 43.1 Å². The molecule has 0 amide bonds. The van der Waals surface area contributed by atoms with Gasteiger partial charge in [0.05, 0.1) is 0 Å². The lowest BCUT2D eigenvalue weighted by atomic mass is 9.95. The summed E-state index contributed by atoms with van der Waals surface area (Å²) in [5.74, 6) is 0.871. The molecule has 1 aliphatic heterocycles. The first-order valence-electron chi connectivity index (χ1n) is 6.84. The van der Waals surface area contributed by atoms with E-state index in [0.29, 0.717) is 11.7 Å². The van der Waals surface area contributed by atoms with Crippen molar-refractivity contribution < 1.29 is 5.11 Å². The van der Waals surface area contributed by atoms with Crippen LogP contribution in [0.4, 0.5) is 0 Å². The summed E-state index contributed by atoms with van der Waals surface area (Å²) in [6.07, 6.45) is 0. The van der Waals surface area contributed by atoms with E-state index >= 15 is 0 Å². The predicted molar refractivity (Wildman–Crippen MR) is 75.1 cm³/mol. The van der Waals surface area contributed by atoms with E-state index in [0.717, 1.165) is 43.9 Å². The molecule has 1 aromatic rings. The average molecular weight is 248 g/mol. The first-order chi connectivity index (χ1) is 8.59. The van der Waals surface area contributed by atoms with Crippen molar-refractivity contribution in [2.75, 3.05) is 26.2 Å². The third kappa shape index (κ3) is 2.85. The molecule has 0 atom stereocenters. The molecule has 0 aromatic heterocycles. The molecule has 1 fully saturated rings. The fourth-order valence-corrected chi connectivity index (χ4v) is 2.51. The monoisotopic (exact) mass is 248 g/mol. The van der Waals surface area contributed by atoms with E-state index in [1.165, 1.54) is 5.56 Å². The Kier molecular flexibility index (Phi) is 4.25. The van der Waals surface area contributed by atoms with Gasteiger partial charge in [0, 0.05) is 38.3 Å². The minimum absolute atomic E-state index is 0.368. The molecule has 18 heavy (non-hydrogen) atoms. The van der Waals surface area contributed by atoms with Crippen LogP contribution in [0, 0.1) is 6.92 Å². The zero-order chi connectivity index (χ0) is 13.1. The van der Waals surface area contributed by atoms with Crippen LogP contribution in [-0.2, 0) is 6.54 Å².